The highest BCUT2D eigenvalue weighted by atomic mass is 16.2. The van der Waals surface area contributed by atoms with Gasteiger partial charge in [0.05, 0.1) is 6.92 Å². The van der Waals surface area contributed by atoms with Gasteiger partial charge < -0.3 is 0 Å². The summed E-state index contributed by atoms with van der Waals surface area (Å²) in [6.45, 7) is 18.4. The number of nitrogens with zero attached hydrogens (tertiary/aromatic N) is 1. The first-order valence-corrected chi connectivity index (χ1v) is 4.16. The average molecular weight is 180 g/mol. The van der Waals surface area contributed by atoms with Crippen LogP contribution in [0.2, 0.25) is 0 Å². The molecule has 0 N–H and O–H groups in total. The maximum atomic E-state index is 11.6. The van der Waals surface area contributed by atoms with Crippen molar-refractivity contribution < 1.29 is 9.28 Å². The van der Waals surface area contributed by atoms with Crippen molar-refractivity contribution in [2.75, 3.05) is 0 Å². The fourth-order valence-corrected chi connectivity index (χ4v) is 1.78. The molecule has 0 aromatic heterocycles. The van der Waals surface area contributed by atoms with E-state index in [1.807, 2.05) is 20.8 Å². The number of quaternary nitrogens is 1. The summed E-state index contributed by atoms with van der Waals surface area (Å²) in [5.41, 5.74) is 2.19. The van der Waals surface area contributed by atoms with Crippen LogP contribution in [0.3, 0.4) is 0 Å². The topological polar surface area (TPSA) is 17.1 Å². The molecule has 0 bridgehead atoms. The van der Waals surface area contributed by atoms with Gasteiger partial charge in [0.2, 0.25) is 0 Å². The maximum Gasteiger partial charge on any atom is 0.324 e. The predicted molar refractivity (Wildman–Crippen MR) is 55.4 cm³/mol. The lowest BCUT2D eigenvalue weighted by Crippen LogP contribution is -2.45. The van der Waals surface area contributed by atoms with Crippen molar-refractivity contribution in [1.29, 1.82) is 0 Å². The third-order valence-electron chi connectivity index (χ3n) is 2.19. The number of amides is 1. The van der Waals surface area contributed by atoms with E-state index >= 15 is 0 Å². The molecule has 0 atom stereocenters. The Bertz CT molecular complexity index is 225. The van der Waals surface area contributed by atoms with Crippen LogP contribution in [0.15, 0.2) is 36.8 Å². The van der Waals surface area contributed by atoms with Crippen LogP contribution in [0.4, 0.5) is 0 Å². The largest absolute Gasteiger partial charge is 0.324 e. The number of rotatable bonds is 3. The molecule has 0 spiro atoms. The van der Waals surface area contributed by atoms with E-state index in [9.17, 15) is 4.79 Å². The first kappa shape index (κ1) is 11.8. The molecule has 2 nitrogen and oxygen atoms in total. The highest BCUT2D eigenvalue weighted by Gasteiger charge is 2.38. The standard InChI is InChI=1S/C11H18NO/c1-8(2)12(9(3)4,10(5)6)11(7)13/h1,3,5H2,2,4,6-7H3/q+1. The molecule has 0 radical (unpaired) electrons. The van der Waals surface area contributed by atoms with E-state index in [1.165, 1.54) is 6.92 Å². The highest BCUT2D eigenvalue weighted by molar-refractivity contribution is 5.69. The van der Waals surface area contributed by atoms with Crippen LogP contribution in [0.1, 0.15) is 27.7 Å². The summed E-state index contributed by atoms with van der Waals surface area (Å²) in [6, 6.07) is 0. The third kappa shape index (κ3) is 1.63. The Morgan fingerprint density at radius 1 is 0.846 bits per heavy atom. The minimum Gasteiger partial charge on any atom is -0.230 e. The highest BCUT2D eigenvalue weighted by Crippen LogP contribution is 2.29. The molecule has 0 rings (SSSR count). The monoisotopic (exact) mass is 180 g/mol. The number of carbonyl (C=O) groups excluding carboxylic acids is 1. The molecule has 72 valence electrons. The molecule has 0 aliphatic rings. The quantitative estimate of drug-likeness (QED) is 0.610. The molecule has 13 heavy (non-hydrogen) atoms. The molecule has 0 aliphatic carbocycles. The maximum absolute atomic E-state index is 11.6. The number of hydrogen-bond acceptors (Lipinski definition) is 1. The summed E-state index contributed by atoms with van der Waals surface area (Å²) in [4.78, 5) is 11.6. The van der Waals surface area contributed by atoms with Crippen LogP contribution in [-0.4, -0.2) is 10.4 Å². The van der Waals surface area contributed by atoms with Crippen molar-refractivity contribution >= 4 is 5.91 Å². The first-order chi connectivity index (χ1) is 5.77. The third-order valence-corrected chi connectivity index (χ3v) is 2.19. The molecule has 0 aromatic carbocycles. The van der Waals surface area contributed by atoms with Gasteiger partial charge in [-0.25, -0.2) is 4.79 Å². The Labute approximate surface area is 80.5 Å². The summed E-state index contributed by atoms with van der Waals surface area (Å²) >= 11 is 0. The van der Waals surface area contributed by atoms with Gasteiger partial charge in [-0.05, 0) is 19.7 Å². The van der Waals surface area contributed by atoms with Gasteiger partial charge in [0.15, 0.2) is 0 Å². The van der Waals surface area contributed by atoms with Gasteiger partial charge in [-0.2, -0.15) is 4.48 Å². The average Bonchev–Trinajstić information content (AvgIpc) is 1.82. The van der Waals surface area contributed by atoms with Crippen molar-refractivity contribution in [2.24, 2.45) is 0 Å². The molecule has 1 amide bonds. The van der Waals surface area contributed by atoms with Gasteiger partial charge in [-0.3, -0.25) is 0 Å². The van der Waals surface area contributed by atoms with E-state index in [-0.39, 0.29) is 10.4 Å². The zero-order chi connectivity index (χ0) is 10.8. The van der Waals surface area contributed by atoms with Crippen LogP contribution in [0, 0.1) is 0 Å². The van der Waals surface area contributed by atoms with E-state index in [0.29, 0.717) is 0 Å². The van der Waals surface area contributed by atoms with Crippen molar-refractivity contribution in [1.82, 2.24) is 0 Å². The van der Waals surface area contributed by atoms with E-state index in [4.69, 9.17) is 0 Å². The Kier molecular flexibility index (Phi) is 3.38. The normalized spacial score (nSPS) is 10.8. The van der Waals surface area contributed by atoms with Gasteiger partial charge in [0.1, 0.15) is 17.1 Å². The van der Waals surface area contributed by atoms with E-state index in [1.54, 1.807) is 0 Å². The Balaban J connectivity index is 5.60. The second kappa shape index (κ2) is 3.71. The summed E-state index contributed by atoms with van der Waals surface area (Å²) in [5.74, 6) is -0.0208. The van der Waals surface area contributed by atoms with Crippen molar-refractivity contribution in [3.05, 3.63) is 36.8 Å². The number of carbonyl (C=O) groups is 1. The fraction of sp³-hybridized carbons (Fsp3) is 0.364. The van der Waals surface area contributed by atoms with Crippen LogP contribution in [0.5, 0.6) is 0 Å². The summed E-state index contributed by atoms with van der Waals surface area (Å²) in [6.07, 6.45) is 0. The number of allylic oxidation sites excluding steroid dienone is 3. The molecule has 0 saturated heterocycles. The molecule has 0 saturated carbocycles. The molecule has 0 aromatic rings. The fourth-order valence-electron chi connectivity index (χ4n) is 1.78. The van der Waals surface area contributed by atoms with Gasteiger partial charge in [0, 0.05) is 20.8 Å². The van der Waals surface area contributed by atoms with E-state index < -0.39 is 0 Å². The zero-order valence-electron chi connectivity index (χ0n) is 8.98. The van der Waals surface area contributed by atoms with Crippen LogP contribution >= 0.6 is 0 Å². The minimum atomic E-state index is -0.0208. The lowest BCUT2D eigenvalue weighted by Gasteiger charge is -2.33. The molecular formula is C11H18NO+. The molecule has 2 heteroatoms. The van der Waals surface area contributed by atoms with E-state index in [0.717, 1.165) is 17.1 Å². The summed E-state index contributed by atoms with van der Waals surface area (Å²) in [5, 5.41) is 0. The minimum absolute atomic E-state index is 0. The molecule has 0 fully saturated rings. The van der Waals surface area contributed by atoms with E-state index in [2.05, 4.69) is 19.7 Å². The Morgan fingerprint density at radius 3 is 1.08 bits per heavy atom. The summed E-state index contributed by atoms with van der Waals surface area (Å²) in [7, 11) is 0. The van der Waals surface area contributed by atoms with Crippen LogP contribution < -0.4 is 0 Å². The van der Waals surface area contributed by atoms with Gasteiger partial charge in [0.25, 0.3) is 0 Å². The lowest BCUT2D eigenvalue weighted by atomic mass is 10.2. The zero-order valence-corrected chi connectivity index (χ0v) is 8.98. The first-order valence-electron chi connectivity index (χ1n) is 4.16. The Hall–Kier alpha value is -1.15. The van der Waals surface area contributed by atoms with Crippen molar-refractivity contribution in [3.8, 4) is 0 Å². The molecular weight excluding hydrogens is 162 g/mol. The second-order valence-corrected chi connectivity index (χ2v) is 3.40. The smallest absolute Gasteiger partial charge is 0.230 e. The SMILES string of the molecule is C=C(C)[N+](C(=C)C)(C(=C)C)C(C)=O. The molecule has 0 heterocycles. The van der Waals surface area contributed by atoms with Gasteiger partial charge >= 0.3 is 5.91 Å². The van der Waals surface area contributed by atoms with Crippen molar-refractivity contribution in [2.45, 2.75) is 27.7 Å². The lowest BCUT2D eigenvalue weighted by molar-refractivity contribution is -0.734. The Morgan fingerprint density at radius 2 is 1.08 bits per heavy atom. The molecule has 0 unspecified atom stereocenters. The van der Waals surface area contributed by atoms with Crippen LogP contribution in [-0.2, 0) is 4.79 Å². The van der Waals surface area contributed by atoms with Crippen LogP contribution in [0.25, 0.3) is 0 Å². The molecule has 0 aliphatic heterocycles. The van der Waals surface area contributed by atoms with Gasteiger partial charge in [-0.15, -0.1) is 0 Å². The predicted octanol–water partition coefficient (Wildman–Crippen LogP) is 2.95. The van der Waals surface area contributed by atoms with Gasteiger partial charge in [-0.1, -0.05) is 0 Å². The summed E-state index contributed by atoms with van der Waals surface area (Å²) < 4.78 is 0. The number of hydrogen-bond donors (Lipinski definition) is 0. The van der Waals surface area contributed by atoms with Crippen molar-refractivity contribution in [3.63, 3.8) is 0 Å². The second-order valence-electron chi connectivity index (χ2n) is 3.40.